The Hall–Kier alpha value is -10.7. The maximum atomic E-state index is 2.48. The first-order valence-electron chi connectivity index (χ1n) is 28.3. The van der Waals surface area contributed by atoms with Gasteiger partial charge >= 0.3 is 0 Å². The fourth-order valence-electron chi connectivity index (χ4n) is 13.6. The van der Waals surface area contributed by atoms with Crippen molar-refractivity contribution in [3.63, 3.8) is 0 Å². The average molecular weight is 1040 g/mol. The van der Waals surface area contributed by atoms with Gasteiger partial charge in [0.1, 0.15) is 0 Å². The summed E-state index contributed by atoms with van der Waals surface area (Å²) < 4.78 is 4.90. The molecular weight excluding hydrogens is 991 g/mol. The second-order valence-corrected chi connectivity index (χ2v) is 21.6. The third kappa shape index (κ3) is 7.51. The molecule has 0 spiro atoms. The number of rotatable bonds is 10. The quantitative estimate of drug-likeness (QED) is 0.133. The van der Waals surface area contributed by atoms with Crippen molar-refractivity contribution in [1.82, 2.24) is 9.13 Å². The Morgan fingerprint density at radius 1 is 0.232 bits per heavy atom. The minimum Gasteiger partial charge on any atom is -0.310 e. The molecule has 16 rings (SSSR count). The Bertz CT molecular complexity index is 4820. The zero-order valence-electron chi connectivity index (χ0n) is 44.9. The lowest BCUT2D eigenvalue weighted by Gasteiger charge is -2.34. The molecule has 0 saturated carbocycles. The van der Waals surface area contributed by atoms with E-state index in [4.69, 9.17) is 0 Å². The highest BCUT2D eigenvalue weighted by molar-refractivity contribution is 6.12. The van der Waals surface area contributed by atoms with Crippen LogP contribution in [0.1, 0.15) is 22.3 Å². The van der Waals surface area contributed by atoms with Crippen molar-refractivity contribution < 1.29 is 0 Å². The van der Waals surface area contributed by atoms with E-state index in [1.54, 1.807) is 0 Å². The number of hydrogen-bond donors (Lipinski definition) is 0. The van der Waals surface area contributed by atoms with Crippen LogP contribution in [0, 0.1) is 0 Å². The number of benzene rings is 13. The van der Waals surface area contributed by atoms with Crippen LogP contribution in [0.2, 0.25) is 0 Å². The van der Waals surface area contributed by atoms with Crippen LogP contribution in [-0.2, 0) is 5.41 Å². The van der Waals surface area contributed by atoms with Gasteiger partial charge in [-0.25, -0.2) is 0 Å². The van der Waals surface area contributed by atoms with Gasteiger partial charge < -0.3 is 14.0 Å². The maximum absolute atomic E-state index is 2.48. The molecule has 0 unspecified atom stereocenters. The first kappa shape index (κ1) is 47.3. The largest absolute Gasteiger partial charge is 0.310 e. The fraction of sp³-hybridized carbons (Fsp3) is 0.0127. The summed E-state index contributed by atoms with van der Waals surface area (Å²) in [7, 11) is 0. The van der Waals surface area contributed by atoms with Gasteiger partial charge in [0.05, 0.1) is 27.5 Å². The van der Waals surface area contributed by atoms with E-state index in [9.17, 15) is 0 Å². The molecule has 3 nitrogen and oxygen atoms in total. The lowest BCUT2D eigenvalue weighted by Crippen LogP contribution is -2.28. The van der Waals surface area contributed by atoms with Crippen LogP contribution in [0.3, 0.4) is 0 Å². The Labute approximate surface area is 477 Å². The highest BCUT2D eigenvalue weighted by Gasteiger charge is 2.46. The minimum absolute atomic E-state index is 0.511. The Morgan fingerprint density at radius 2 is 0.695 bits per heavy atom. The number of para-hydroxylation sites is 5. The monoisotopic (exact) mass is 1040 g/mol. The molecule has 0 radical (unpaired) electrons. The van der Waals surface area contributed by atoms with Crippen molar-refractivity contribution in [1.29, 1.82) is 0 Å². The van der Waals surface area contributed by atoms with Crippen LogP contribution in [-0.4, -0.2) is 9.13 Å². The molecule has 384 valence electrons. The molecule has 0 saturated heterocycles. The molecule has 2 aromatic heterocycles. The second kappa shape index (κ2) is 19.3. The summed E-state index contributed by atoms with van der Waals surface area (Å²) in [4.78, 5) is 2.34. The van der Waals surface area contributed by atoms with Gasteiger partial charge in [-0.2, -0.15) is 0 Å². The summed E-state index contributed by atoms with van der Waals surface area (Å²) in [5.74, 6) is 0. The maximum Gasteiger partial charge on any atom is 0.0714 e. The van der Waals surface area contributed by atoms with Crippen molar-refractivity contribution in [2.75, 3.05) is 4.90 Å². The van der Waals surface area contributed by atoms with Gasteiger partial charge in [0.15, 0.2) is 0 Å². The van der Waals surface area contributed by atoms with E-state index in [1.807, 2.05) is 0 Å². The summed E-state index contributed by atoms with van der Waals surface area (Å²) in [5, 5.41) is 4.89. The molecule has 15 aromatic rings. The highest BCUT2D eigenvalue weighted by atomic mass is 15.1. The predicted octanol–water partition coefficient (Wildman–Crippen LogP) is 20.7. The zero-order valence-corrected chi connectivity index (χ0v) is 44.9. The van der Waals surface area contributed by atoms with E-state index in [1.165, 1.54) is 71.5 Å². The van der Waals surface area contributed by atoms with Crippen LogP contribution < -0.4 is 4.90 Å². The van der Waals surface area contributed by atoms with E-state index in [2.05, 4.69) is 336 Å². The topological polar surface area (TPSA) is 13.1 Å². The normalized spacial score (nSPS) is 12.5. The molecule has 82 heavy (non-hydrogen) atoms. The Balaban J connectivity index is 0.891. The summed E-state index contributed by atoms with van der Waals surface area (Å²) in [6, 6.07) is 118. The van der Waals surface area contributed by atoms with E-state index in [0.29, 0.717) is 0 Å². The molecular formula is C79H53N3. The SMILES string of the molecule is c1ccc(N(c2ccccc2)c2cccc(-c3cc(-c4ccc5c(c4)c4ccccc4n5-c4ccc5c(c4)C(c4ccccc4)(c4ccccc4)c4ccccc4-5)cc(-c4ccc5c6ccccc6n(-c6ccccc6)c5c4)c3)c2)cc1. The average Bonchev–Trinajstić information content (AvgIpc) is 2.37. The van der Waals surface area contributed by atoms with E-state index >= 15 is 0 Å². The van der Waals surface area contributed by atoms with Gasteiger partial charge in [0.25, 0.3) is 0 Å². The van der Waals surface area contributed by atoms with E-state index in [0.717, 1.165) is 67.3 Å². The number of hydrogen-bond acceptors (Lipinski definition) is 1. The number of aromatic nitrogens is 2. The second-order valence-electron chi connectivity index (χ2n) is 21.6. The fourth-order valence-corrected chi connectivity index (χ4v) is 13.6. The van der Waals surface area contributed by atoms with E-state index in [-0.39, 0.29) is 0 Å². The van der Waals surface area contributed by atoms with Crippen molar-refractivity contribution in [3.8, 4) is 55.9 Å². The number of fused-ring (bicyclic) bond motifs is 9. The van der Waals surface area contributed by atoms with Gasteiger partial charge in [0, 0.05) is 50.0 Å². The molecule has 0 bridgehead atoms. The summed E-state index contributed by atoms with van der Waals surface area (Å²) in [6.45, 7) is 0. The van der Waals surface area contributed by atoms with Crippen molar-refractivity contribution in [2.24, 2.45) is 0 Å². The van der Waals surface area contributed by atoms with Gasteiger partial charge in [-0.15, -0.1) is 0 Å². The third-order valence-electron chi connectivity index (χ3n) is 17.1. The Morgan fingerprint density at radius 3 is 1.34 bits per heavy atom. The van der Waals surface area contributed by atoms with Crippen molar-refractivity contribution in [2.45, 2.75) is 5.41 Å². The van der Waals surface area contributed by atoms with Crippen LogP contribution in [0.5, 0.6) is 0 Å². The molecule has 0 fully saturated rings. The molecule has 3 heteroatoms. The molecule has 1 aliphatic rings. The summed E-state index contributed by atoms with van der Waals surface area (Å²) in [5.41, 5.74) is 24.3. The lowest BCUT2D eigenvalue weighted by atomic mass is 9.67. The molecule has 0 atom stereocenters. The van der Waals surface area contributed by atoms with Gasteiger partial charge in [0.2, 0.25) is 0 Å². The van der Waals surface area contributed by atoms with Crippen molar-refractivity contribution in [3.05, 3.63) is 344 Å². The first-order valence-corrected chi connectivity index (χ1v) is 28.3. The molecule has 2 heterocycles. The molecule has 1 aliphatic carbocycles. The first-order chi connectivity index (χ1) is 40.7. The summed E-state index contributed by atoms with van der Waals surface area (Å²) >= 11 is 0. The molecule has 13 aromatic carbocycles. The highest BCUT2D eigenvalue weighted by Crippen LogP contribution is 2.57. The lowest BCUT2D eigenvalue weighted by molar-refractivity contribution is 0.767. The van der Waals surface area contributed by atoms with Crippen molar-refractivity contribution >= 4 is 60.7 Å². The predicted molar refractivity (Wildman–Crippen MR) is 343 cm³/mol. The minimum atomic E-state index is -0.511. The smallest absolute Gasteiger partial charge is 0.0714 e. The van der Waals surface area contributed by atoms with Gasteiger partial charge in [-0.3, -0.25) is 0 Å². The van der Waals surface area contributed by atoms with Crippen LogP contribution in [0.15, 0.2) is 322 Å². The van der Waals surface area contributed by atoms with Crippen LogP contribution in [0.4, 0.5) is 17.1 Å². The Kier molecular flexibility index (Phi) is 11.1. The zero-order chi connectivity index (χ0) is 54.1. The van der Waals surface area contributed by atoms with Gasteiger partial charge in [-0.05, 0) is 176 Å². The van der Waals surface area contributed by atoms with E-state index < -0.39 is 5.41 Å². The summed E-state index contributed by atoms with van der Waals surface area (Å²) in [6.07, 6.45) is 0. The standard InChI is InChI=1S/C79H53N3/c1-6-24-60(25-7-1)79(61-26-8-2-9-27-61)73-38-19-16-35-67(73)68-45-43-66(53-74(68)79)82-76-40-21-18-37-70(76)72-51-55(42-46-77(72)82)58-47-57(54-23-22-34-65(50-54)80(62-28-10-3-11-29-62)63-30-12-4-13-31-63)48-59(49-58)56-41-44-71-69-36-17-20-39-75(69)81(78(71)52-56)64-32-14-5-15-33-64/h1-53H. The number of anilines is 3. The van der Waals surface area contributed by atoms with Crippen LogP contribution in [0.25, 0.3) is 99.5 Å². The third-order valence-corrected chi connectivity index (χ3v) is 17.1. The number of nitrogens with zero attached hydrogens (tertiary/aromatic N) is 3. The molecule has 0 N–H and O–H groups in total. The molecule has 0 aliphatic heterocycles. The van der Waals surface area contributed by atoms with Crippen LogP contribution >= 0.6 is 0 Å². The molecule has 0 amide bonds. The van der Waals surface area contributed by atoms with Gasteiger partial charge in [-0.1, -0.05) is 212 Å².